The fraction of sp³-hybridized carbons (Fsp3) is 0.824. The summed E-state index contributed by atoms with van der Waals surface area (Å²) < 4.78 is 7.95. The summed E-state index contributed by atoms with van der Waals surface area (Å²) in [6.07, 6.45) is 5.66. The van der Waals surface area contributed by atoms with Crippen molar-refractivity contribution < 1.29 is 9.84 Å². The Bertz CT molecular complexity index is 494. The van der Waals surface area contributed by atoms with Crippen molar-refractivity contribution in [3.8, 4) is 0 Å². The van der Waals surface area contributed by atoms with E-state index >= 15 is 0 Å². The maximum absolute atomic E-state index is 10.7. The highest BCUT2D eigenvalue weighted by molar-refractivity contribution is 5.06. The number of aromatic nitrogens is 2. The highest BCUT2D eigenvalue weighted by atomic mass is 16.5. The third-order valence-electron chi connectivity index (χ3n) is 5.01. The maximum Gasteiger partial charge on any atom is 0.0898 e. The van der Waals surface area contributed by atoms with E-state index in [1.807, 2.05) is 11.6 Å². The molecule has 2 fully saturated rings. The summed E-state index contributed by atoms with van der Waals surface area (Å²) >= 11 is 0. The van der Waals surface area contributed by atoms with Gasteiger partial charge in [-0.25, -0.2) is 0 Å². The van der Waals surface area contributed by atoms with Crippen molar-refractivity contribution in [3.63, 3.8) is 0 Å². The molecule has 1 aromatic heterocycles. The van der Waals surface area contributed by atoms with Crippen LogP contribution in [0.25, 0.3) is 0 Å². The molecule has 1 saturated heterocycles. The smallest absolute Gasteiger partial charge is 0.0898 e. The topological polar surface area (TPSA) is 50.5 Å². The van der Waals surface area contributed by atoms with Crippen LogP contribution in [0.4, 0.5) is 0 Å². The number of morpholine rings is 1. The summed E-state index contributed by atoms with van der Waals surface area (Å²) in [4.78, 5) is 2.38. The first kappa shape index (κ1) is 16.0. The SMILES string of the molecule is Cc1cc(C)n(C[C@@H]2CN(CC3(O)CCCCC3)CCO2)n1. The zero-order valence-corrected chi connectivity index (χ0v) is 13.9. The van der Waals surface area contributed by atoms with Crippen LogP contribution in [0.2, 0.25) is 0 Å². The standard InChI is InChI=1S/C17H29N3O2/c1-14-10-15(2)20(18-14)12-16-11-19(8-9-22-16)13-17(21)6-4-3-5-7-17/h10,16,21H,3-9,11-13H2,1-2H3/t16-/m0/s1. The van der Waals surface area contributed by atoms with E-state index in [9.17, 15) is 5.11 Å². The van der Waals surface area contributed by atoms with Crippen LogP contribution < -0.4 is 0 Å². The number of aryl methyl sites for hydroxylation is 2. The van der Waals surface area contributed by atoms with Crippen LogP contribution in [0.15, 0.2) is 6.07 Å². The second kappa shape index (κ2) is 6.69. The van der Waals surface area contributed by atoms with Gasteiger partial charge in [-0.2, -0.15) is 5.10 Å². The Morgan fingerprint density at radius 2 is 2.09 bits per heavy atom. The summed E-state index contributed by atoms with van der Waals surface area (Å²) in [6, 6.07) is 2.10. The molecule has 124 valence electrons. The predicted octanol–water partition coefficient (Wildman–Crippen LogP) is 1.90. The minimum absolute atomic E-state index is 0.166. The fourth-order valence-corrected chi connectivity index (χ4v) is 3.87. The van der Waals surface area contributed by atoms with E-state index in [2.05, 4.69) is 23.0 Å². The van der Waals surface area contributed by atoms with Crippen molar-refractivity contribution in [2.45, 2.75) is 64.2 Å². The molecule has 0 bridgehead atoms. The Kier molecular flexibility index (Phi) is 4.85. The molecular weight excluding hydrogens is 278 g/mol. The molecule has 0 spiro atoms. The zero-order chi connectivity index (χ0) is 15.6. The molecule has 2 heterocycles. The van der Waals surface area contributed by atoms with Crippen LogP contribution in [0.1, 0.15) is 43.5 Å². The average Bonchev–Trinajstić information content (AvgIpc) is 2.77. The van der Waals surface area contributed by atoms with Gasteiger partial charge in [0, 0.05) is 25.3 Å². The lowest BCUT2D eigenvalue weighted by molar-refractivity contribution is -0.0797. The van der Waals surface area contributed by atoms with E-state index in [0.29, 0.717) is 0 Å². The Balaban J connectivity index is 1.56. The van der Waals surface area contributed by atoms with Gasteiger partial charge in [-0.3, -0.25) is 9.58 Å². The number of rotatable bonds is 4. The third-order valence-corrected chi connectivity index (χ3v) is 5.01. The predicted molar refractivity (Wildman–Crippen MR) is 85.9 cm³/mol. The molecule has 1 N–H and O–H groups in total. The molecule has 0 unspecified atom stereocenters. The third kappa shape index (κ3) is 3.89. The molecule has 5 nitrogen and oxygen atoms in total. The number of hydrogen-bond donors (Lipinski definition) is 1. The van der Waals surface area contributed by atoms with Crippen LogP contribution in [0.5, 0.6) is 0 Å². The van der Waals surface area contributed by atoms with Crippen molar-refractivity contribution in [1.82, 2.24) is 14.7 Å². The van der Waals surface area contributed by atoms with Crippen molar-refractivity contribution >= 4 is 0 Å². The van der Waals surface area contributed by atoms with Crippen molar-refractivity contribution in [2.24, 2.45) is 0 Å². The number of hydrogen-bond acceptors (Lipinski definition) is 4. The normalized spacial score (nSPS) is 26.2. The molecule has 0 amide bonds. The molecule has 3 rings (SSSR count). The first-order valence-electron chi connectivity index (χ1n) is 8.61. The van der Waals surface area contributed by atoms with Crippen LogP contribution in [-0.2, 0) is 11.3 Å². The Hall–Kier alpha value is -0.910. The highest BCUT2D eigenvalue weighted by Gasteiger charge is 2.33. The molecular formula is C17H29N3O2. The van der Waals surface area contributed by atoms with Crippen molar-refractivity contribution in [3.05, 3.63) is 17.5 Å². The lowest BCUT2D eigenvalue weighted by Gasteiger charge is -2.40. The molecule has 1 aromatic rings. The lowest BCUT2D eigenvalue weighted by Crippen LogP contribution is -2.51. The van der Waals surface area contributed by atoms with E-state index in [1.165, 1.54) is 12.1 Å². The van der Waals surface area contributed by atoms with E-state index < -0.39 is 5.60 Å². The van der Waals surface area contributed by atoms with E-state index in [0.717, 1.165) is 64.2 Å². The van der Waals surface area contributed by atoms with Gasteiger partial charge in [-0.05, 0) is 32.8 Å². The first-order chi connectivity index (χ1) is 10.5. The molecule has 1 atom stereocenters. The van der Waals surface area contributed by atoms with Gasteiger partial charge in [0.1, 0.15) is 0 Å². The summed E-state index contributed by atoms with van der Waals surface area (Å²) in [6.45, 7) is 8.27. The quantitative estimate of drug-likeness (QED) is 0.923. The van der Waals surface area contributed by atoms with Crippen molar-refractivity contribution in [2.75, 3.05) is 26.2 Å². The van der Waals surface area contributed by atoms with E-state index in [4.69, 9.17) is 4.74 Å². The van der Waals surface area contributed by atoms with Crippen LogP contribution in [-0.4, -0.2) is 57.7 Å². The minimum Gasteiger partial charge on any atom is -0.389 e. The zero-order valence-electron chi connectivity index (χ0n) is 13.9. The van der Waals surface area contributed by atoms with Gasteiger partial charge in [-0.15, -0.1) is 0 Å². The highest BCUT2D eigenvalue weighted by Crippen LogP contribution is 2.29. The van der Waals surface area contributed by atoms with Gasteiger partial charge in [0.25, 0.3) is 0 Å². The summed E-state index contributed by atoms with van der Waals surface area (Å²) in [5, 5.41) is 15.3. The second-order valence-electron chi connectivity index (χ2n) is 7.12. The lowest BCUT2D eigenvalue weighted by atomic mass is 9.84. The number of nitrogens with zero attached hydrogens (tertiary/aromatic N) is 3. The van der Waals surface area contributed by atoms with Crippen molar-refractivity contribution in [1.29, 1.82) is 0 Å². The summed E-state index contributed by atoms with van der Waals surface area (Å²) in [5.74, 6) is 0. The molecule has 2 aliphatic rings. The summed E-state index contributed by atoms with van der Waals surface area (Å²) in [7, 11) is 0. The fourth-order valence-electron chi connectivity index (χ4n) is 3.87. The van der Waals surface area contributed by atoms with Gasteiger partial charge < -0.3 is 9.84 Å². The second-order valence-corrected chi connectivity index (χ2v) is 7.12. The molecule has 1 aliphatic heterocycles. The van der Waals surface area contributed by atoms with Gasteiger partial charge in [0.05, 0.1) is 30.6 Å². The first-order valence-corrected chi connectivity index (χ1v) is 8.61. The Morgan fingerprint density at radius 3 is 2.77 bits per heavy atom. The molecule has 1 aliphatic carbocycles. The van der Waals surface area contributed by atoms with Gasteiger partial charge >= 0.3 is 0 Å². The Morgan fingerprint density at radius 1 is 1.32 bits per heavy atom. The molecule has 5 heteroatoms. The molecule has 22 heavy (non-hydrogen) atoms. The van der Waals surface area contributed by atoms with Crippen LogP contribution in [0.3, 0.4) is 0 Å². The van der Waals surface area contributed by atoms with Gasteiger partial charge in [0.15, 0.2) is 0 Å². The van der Waals surface area contributed by atoms with Crippen LogP contribution in [0, 0.1) is 13.8 Å². The Labute approximate surface area is 133 Å². The van der Waals surface area contributed by atoms with Crippen LogP contribution >= 0.6 is 0 Å². The molecule has 0 radical (unpaired) electrons. The molecule has 0 aromatic carbocycles. The maximum atomic E-state index is 10.7. The minimum atomic E-state index is -0.474. The average molecular weight is 307 g/mol. The molecule has 1 saturated carbocycles. The number of ether oxygens (including phenoxy) is 1. The number of β-amino-alcohol motifs (C(OH)–C–C–N with tert-alkyl or cyclic N) is 1. The van der Waals surface area contributed by atoms with E-state index in [1.54, 1.807) is 0 Å². The monoisotopic (exact) mass is 307 g/mol. The summed E-state index contributed by atoms with van der Waals surface area (Å²) in [5.41, 5.74) is 1.77. The van der Waals surface area contributed by atoms with E-state index in [-0.39, 0.29) is 6.10 Å². The van der Waals surface area contributed by atoms with Gasteiger partial charge in [-0.1, -0.05) is 19.3 Å². The number of aliphatic hydroxyl groups is 1. The van der Waals surface area contributed by atoms with Gasteiger partial charge in [0.2, 0.25) is 0 Å². The largest absolute Gasteiger partial charge is 0.389 e.